The molecule has 0 aromatic carbocycles. The van der Waals surface area contributed by atoms with Crippen molar-refractivity contribution >= 4 is 5.97 Å². The fourth-order valence-corrected chi connectivity index (χ4v) is 2.29. The standard InChI is InChI=1S/C16H32O2.Dy/c1-2-3-4-5-6-7-8-9-10-11-12-13-14-15-16(17)18;/h2-15H2,1H3,(H,17,18);. The van der Waals surface area contributed by atoms with Crippen LogP contribution in [-0.2, 0) is 4.79 Å². The molecular weight excluding hydrogens is 387 g/mol. The summed E-state index contributed by atoms with van der Waals surface area (Å²) in [6.07, 6.45) is 17.3. The summed E-state index contributed by atoms with van der Waals surface area (Å²) in [7, 11) is 0. The molecule has 0 saturated carbocycles. The number of hydrogen-bond acceptors (Lipinski definition) is 1. The summed E-state index contributed by atoms with van der Waals surface area (Å²) in [5.74, 6) is -0.655. The number of aliphatic carboxylic acids is 1. The van der Waals surface area contributed by atoms with Crippen LogP contribution in [0.5, 0.6) is 0 Å². The molecule has 0 aromatic rings. The van der Waals surface area contributed by atoms with Crippen molar-refractivity contribution in [2.24, 2.45) is 0 Å². The van der Waals surface area contributed by atoms with E-state index < -0.39 is 5.97 Å². The molecule has 2 nitrogen and oxygen atoms in total. The Morgan fingerprint density at radius 3 is 1.32 bits per heavy atom. The third-order valence-corrected chi connectivity index (χ3v) is 3.49. The normalized spacial score (nSPS) is 10.2. The van der Waals surface area contributed by atoms with Crippen molar-refractivity contribution < 1.29 is 48.1 Å². The smallest absolute Gasteiger partial charge is 0.303 e. The molecule has 0 saturated heterocycles. The summed E-state index contributed by atoms with van der Waals surface area (Å²) in [6, 6.07) is 0. The molecule has 19 heavy (non-hydrogen) atoms. The monoisotopic (exact) mass is 420 g/mol. The van der Waals surface area contributed by atoms with E-state index in [1.165, 1.54) is 70.6 Å². The second-order valence-electron chi connectivity index (χ2n) is 5.39. The van der Waals surface area contributed by atoms with Gasteiger partial charge in [0.2, 0.25) is 0 Å². The molecule has 118 valence electrons. The molecule has 0 aliphatic heterocycles. The van der Waals surface area contributed by atoms with Crippen molar-refractivity contribution in [2.75, 3.05) is 0 Å². The van der Waals surface area contributed by atoms with Crippen LogP contribution < -0.4 is 0 Å². The number of hydrogen-bond donors (Lipinski definition) is 1. The van der Waals surface area contributed by atoms with Gasteiger partial charge in [0.1, 0.15) is 0 Å². The second-order valence-corrected chi connectivity index (χ2v) is 5.39. The van der Waals surface area contributed by atoms with Crippen molar-refractivity contribution in [2.45, 2.75) is 96.8 Å². The van der Waals surface area contributed by atoms with Crippen LogP contribution in [0.25, 0.3) is 0 Å². The van der Waals surface area contributed by atoms with Crippen molar-refractivity contribution in [3.05, 3.63) is 0 Å². The largest absolute Gasteiger partial charge is 0.481 e. The maximum Gasteiger partial charge on any atom is 0.303 e. The van der Waals surface area contributed by atoms with Crippen LogP contribution in [0, 0.1) is 38.2 Å². The first-order valence-electron chi connectivity index (χ1n) is 7.99. The maximum atomic E-state index is 10.3. The van der Waals surface area contributed by atoms with Crippen LogP contribution in [0.1, 0.15) is 96.8 Å². The Bertz CT molecular complexity index is 184. The summed E-state index contributed by atoms with van der Waals surface area (Å²) in [4.78, 5) is 10.3. The minimum atomic E-state index is -0.655. The number of carbonyl (C=O) groups is 1. The fourth-order valence-electron chi connectivity index (χ4n) is 2.29. The summed E-state index contributed by atoms with van der Waals surface area (Å²) in [5.41, 5.74) is 0. The van der Waals surface area contributed by atoms with E-state index in [0.717, 1.165) is 12.8 Å². The minimum absolute atomic E-state index is 0. The quantitative estimate of drug-likeness (QED) is 0.375. The van der Waals surface area contributed by atoms with E-state index in [1.807, 2.05) is 0 Å². The summed E-state index contributed by atoms with van der Waals surface area (Å²) < 4.78 is 0. The third kappa shape index (κ3) is 21.2. The predicted molar refractivity (Wildman–Crippen MR) is 77.9 cm³/mol. The topological polar surface area (TPSA) is 37.3 Å². The molecule has 0 spiro atoms. The molecule has 0 heterocycles. The summed E-state index contributed by atoms with van der Waals surface area (Å²) in [6.45, 7) is 2.26. The zero-order valence-electron chi connectivity index (χ0n) is 12.6. The van der Waals surface area contributed by atoms with Crippen LogP contribution in [0.2, 0.25) is 0 Å². The van der Waals surface area contributed by atoms with Crippen molar-refractivity contribution in [1.82, 2.24) is 0 Å². The molecule has 0 aliphatic rings. The Labute approximate surface area is 150 Å². The van der Waals surface area contributed by atoms with E-state index in [2.05, 4.69) is 6.92 Å². The van der Waals surface area contributed by atoms with E-state index >= 15 is 0 Å². The van der Waals surface area contributed by atoms with E-state index in [9.17, 15) is 4.79 Å². The van der Waals surface area contributed by atoms with E-state index in [1.54, 1.807) is 0 Å². The Morgan fingerprint density at radius 1 is 0.684 bits per heavy atom. The number of carboxylic acid groups (broad SMARTS) is 1. The molecule has 0 unspecified atom stereocenters. The molecule has 0 bridgehead atoms. The van der Waals surface area contributed by atoms with Gasteiger partial charge in [0.15, 0.2) is 0 Å². The first-order valence-corrected chi connectivity index (χ1v) is 7.99. The van der Waals surface area contributed by atoms with Crippen molar-refractivity contribution in [3.63, 3.8) is 0 Å². The van der Waals surface area contributed by atoms with Crippen molar-refractivity contribution in [3.8, 4) is 0 Å². The van der Waals surface area contributed by atoms with E-state index in [0.29, 0.717) is 6.42 Å². The van der Waals surface area contributed by atoms with Gasteiger partial charge in [-0.3, -0.25) is 4.79 Å². The molecule has 0 fully saturated rings. The molecule has 3 heteroatoms. The van der Waals surface area contributed by atoms with Gasteiger partial charge < -0.3 is 5.11 Å². The molecule has 1 N–H and O–H groups in total. The fraction of sp³-hybridized carbons (Fsp3) is 0.938. The van der Waals surface area contributed by atoms with Crippen LogP contribution in [0.3, 0.4) is 0 Å². The maximum absolute atomic E-state index is 10.3. The SMILES string of the molecule is CCCCCCCCCCCCCCCC(=O)O.[Dy]. The van der Waals surface area contributed by atoms with Crippen LogP contribution in [-0.4, -0.2) is 11.1 Å². The number of unbranched alkanes of at least 4 members (excludes halogenated alkanes) is 12. The average Bonchev–Trinajstić information content (AvgIpc) is 2.34. The van der Waals surface area contributed by atoms with Crippen LogP contribution in [0.15, 0.2) is 0 Å². The van der Waals surface area contributed by atoms with Gasteiger partial charge in [-0.05, 0) is 6.42 Å². The molecule has 0 radical (unpaired) electrons. The van der Waals surface area contributed by atoms with Crippen LogP contribution >= 0.6 is 0 Å². The van der Waals surface area contributed by atoms with Crippen LogP contribution in [0.4, 0.5) is 0 Å². The Morgan fingerprint density at radius 2 is 1.00 bits per heavy atom. The van der Waals surface area contributed by atoms with Gasteiger partial charge in [0, 0.05) is 44.6 Å². The van der Waals surface area contributed by atoms with Gasteiger partial charge in [0.05, 0.1) is 0 Å². The molecule has 0 amide bonds. The van der Waals surface area contributed by atoms with Gasteiger partial charge in [-0.15, -0.1) is 0 Å². The van der Waals surface area contributed by atoms with E-state index in [-0.39, 0.29) is 38.2 Å². The zero-order chi connectivity index (χ0) is 13.5. The molecule has 0 aromatic heterocycles. The molecule has 0 aliphatic carbocycles. The van der Waals surface area contributed by atoms with Gasteiger partial charge in [-0.2, -0.15) is 0 Å². The first kappa shape index (κ1) is 22.0. The zero-order valence-corrected chi connectivity index (χ0v) is 14.6. The Hall–Kier alpha value is 0.743. The summed E-state index contributed by atoms with van der Waals surface area (Å²) in [5, 5.41) is 8.49. The van der Waals surface area contributed by atoms with Gasteiger partial charge >= 0.3 is 5.97 Å². The van der Waals surface area contributed by atoms with Crippen molar-refractivity contribution in [1.29, 1.82) is 0 Å². The first-order chi connectivity index (χ1) is 8.77. The molecule has 0 atom stereocenters. The summed E-state index contributed by atoms with van der Waals surface area (Å²) >= 11 is 0. The number of carboxylic acids is 1. The average molecular weight is 419 g/mol. The second kappa shape index (κ2) is 18.7. The van der Waals surface area contributed by atoms with Gasteiger partial charge in [-0.25, -0.2) is 0 Å². The minimum Gasteiger partial charge on any atom is -0.481 e. The Kier molecular flexibility index (Phi) is 21.7. The Balaban J connectivity index is 0. The van der Waals surface area contributed by atoms with Gasteiger partial charge in [0.25, 0.3) is 0 Å². The molecule has 0 rings (SSSR count). The van der Waals surface area contributed by atoms with Gasteiger partial charge in [-0.1, -0.05) is 84.0 Å². The predicted octanol–water partition coefficient (Wildman–Crippen LogP) is 5.55. The number of rotatable bonds is 14. The van der Waals surface area contributed by atoms with E-state index in [4.69, 9.17) is 5.11 Å². The third-order valence-electron chi connectivity index (χ3n) is 3.49. The molecular formula is C16H32DyO2.